The number of benzene rings is 2. The van der Waals surface area contributed by atoms with E-state index in [9.17, 15) is 4.79 Å². The van der Waals surface area contributed by atoms with Gasteiger partial charge in [-0.2, -0.15) is 5.10 Å². The number of rotatable bonds is 3. The molecule has 6 heteroatoms. The number of nitrogens with one attached hydrogen (secondary N) is 1. The van der Waals surface area contributed by atoms with Crippen LogP contribution in [0.15, 0.2) is 42.5 Å². The molecule has 0 saturated heterocycles. The number of hydrogen-bond acceptors (Lipinski definition) is 4. The van der Waals surface area contributed by atoms with Crippen molar-refractivity contribution in [3.63, 3.8) is 0 Å². The molecule has 26 heavy (non-hydrogen) atoms. The second-order valence-electron chi connectivity index (χ2n) is 6.35. The van der Waals surface area contributed by atoms with Crippen molar-refractivity contribution in [2.75, 3.05) is 5.32 Å². The summed E-state index contributed by atoms with van der Waals surface area (Å²) in [6.45, 7) is 4.69. The second kappa shape index (κ2) is 5.51. The molecule has 1 aliphatic rings. The second-order valence-corrected chi connectivity index (χ2v) is 7.35. The van der Waals surface area contributed by atoms with E-state index in [1.165, 1.54) is 27.7 Å². The van der Waals surface area contributed by atoms with Gasteiger partial charge >= 0.3 is 0 Å². The average molecular weight is 360 g/mol. The highest BCUT2D eigenvalue weighted by Crippen LogP contribution is 2.50. The monoisotopic (exact) mass is 360 g/mol. The van der Waals surface area contributed by atoms with Crippen LogP contribution >= 0.6 is 11.3 Å². The van der Waals surface area contributed by atoms with Gasteiger partial charge in [0.15, 0.2) is 10.8 Å². The van der Waals surface area contributed by atoms with Crippen molar-refractivity contribution in [1.82, 2.24) is 14.8 Å². The summed E-state index contributed by atoms with van der Waals surface area (Å²) >= 11 is 1.51. The first kappa shape index (κ1) is 15.3. The van der Waals surface area contributed by atoms with Gasteiger partial charge in [-0.1, -0.05) is 47.7 Å². The van der Waals surface area contributed by atoms with E-state index >= 15 is 0 Å². The Morgan fingerprint density at radius 3 is 2.69 bits per heavy atom. The SMILES string of the molecule is CCn1nc(C(=O)Nc2nc3c(s2)-c2cccc4cccc-3c24)cc1C. The molecule has 0 fully saturated rings. The summed E-state index contributed by atoms with van der Waals surface area (Å²) in [6.07, 6.45) is 0. The number of fused-ring (bicyclic) bond motifs is 3. The highest BCUT2D eigenvalue weighted by atomic mass is 32.1. The fourth-order valence-electron chi connectivity index (χ4n) is 3.57. The lowest BCUT2D eigenvalue weighted by Crippen LogP contribution is -2.13. The maximum absolute atomic E-state index is 12.5. The Bertz CT molecular complexity index is 1130. The van der Waals surface area contributed by atoms with E-state index in [2.05, 4.69) is 40.7 Å². The number of amides is 1. The first-order valence-electron chi connectivity index (χ1n) is 8.55. The van der Waals surface area contributed by atoms with Crippen molar-refractivity contribution in [2.45, 2.75) is 20.4 Å². The highest BCUT2D eigenvalue weighted by Gasteiger charge is 2.26. The minimum absolute atomic E-state index is 0.223. The lowest BCUT2D eigenvalue weighted by Gasteiger charge is -2.02. The first-order chi connectivity index (χ1) is 12.7. The van der Waals surface area contributed by atoms with Crippen molar-refractivity contribution >= 4 is 33.1 Å². The Morgan fingerprint density at radius 2 is 1.96 bits per heavy atom. The first-order valence-corrected chi connectivity index (χ1v) is 9.36. The summed E-state index contributed by atoms with van der Waals surface area (Å²) in [5, 5.41) is 10.3. The molecule has 1 aliphatic carbocycles. The van der Waals surface area contributed by atoms with Crippen molar-refractivity contribution in [2.24, 2.45) is 0 Å². The molecule has 2 heterocycles. The summed E-state index contributed by atoms with van der Waals surface area (Å²) in [7, 11) is 0. The van der Waals surface area contributed by atoms with Gasteiger partial charge in [-0.3, -0.25) is 14.8 Å². The third-order valence-electron chi connectivity index (χ3n) is 4.77. The van der Waals surface area contributed by atoms with Gasteiger partial charge in [0, 0.05) is 23.4 Å². The van der Waals surface area contributed by atoms with Crippen LogP contribution in [0.5, 0.6) is 0 Å². The fraction of sp³-hybridized carbons (Fsp3) is 0.150. The molecule has 0 aliphatic heterocycles. The normalized spacial score (nSPS) is 11.8. The van der Waals surface area contributed by atoms with Gasteiger partial charge in [0.2, 0.25) is 0 Å². The summed E-state index contributed by atoms with van der Waals surface area (Å²) in [6, 6.07) is 14.4. The molecule has 0 bridgehead atoms. The molecule has 2 aromatic heterocycles. The van der Waals surface area contributed by atoms with Gasteiger partial charge in [0.05, 0.1) is 10.6 Å². The highest BCUT2D eigenvalue weighted by molar-refractivity contribution is 7.20. The third kappa shape index (κ3) is 2.12. The third-order valence-corrected chi connectivity index (χ3v) is 5.77. The molecule has 0 radical (unpaired) electrons. The predicted octanol–water partition coefficient (Wildman–Crippen LogP) is 4.72. The molecule has 0 saturated carbocycles. The lowest BCUT2D eigenvalue weighted by molar-refractivity contribution is 0.102. The molecule has 2 aromatic carbocycles. The van der Waals surface area contributed by atoms with Crippen LogP contribution in [-0.4, -0.2) is 20.7 Å². The maximum atomic E-state index is 12.5. The molecule has 128 valence electrons. The van der Waals surface area contributed by atoms with Crippen molar-refractivity contribution < 1.29 is 4.79 Å². The Morgan fingerprint density at radius 1 is 1.19 bits per heavy atom. The molecule has 0 unspecified atom stereocenters. The molecule has 0 spiro atoms. The Hall–Kier alpha value is -2.99. The van der Waals surface area contributed by atoms with Gasteiger partial charge in [-0.05, 0) is 30.7 Å². The van der Waals surface area contributed by atoms with Crippen LogP contribution in [0.25, 0.3) is 32.5 Å². The van der Waals surface area contributed by atoms with Crippen LogP contribution in [0.2, 0.25) is 0 Å². The molecule has 1 N–H and O–H groups in total. The zero-order chi connectivity index (χ0) is 17.8. The minimum Gasteiger partial charge on any atom is -0.296 e. The van der Waals surface area contributed by atoms with E-state index in [0.717, 1.165) is 28.4 Å². The summed E-state index contributed by atoms with van der Waals surface area (Å²) in [4.78, 5) is 18.3. The van der Waals surface area contributed by atoms with Gasteiger partial charge in [0.1, 0.15) is 0 Å². The maximum Gasteiger partial charge on any atom is 0.277 e. The van der Waals surface area contributed by atoms with E-state index in [0.29, 0.717) is 10.8 Å². The van der Waals surface area contributed by atoms with Gasteiger partial charge in [0.25, 0.3) is 5.91 Å². The van der Waals surface area contributed by atoms with Crippen LogP contribution in [0.1, 0.15) is 23.1 Å². The van der Waals surface area contributed by atoms with Crippen LogP contribution in [0.3, 0.4) is 0 Å². The van der Waals surface area contributed by atoms with Crippen molar-refractivity contribution in [3.8, 4) is 21.7 Å². The predicted molar refractivity (Wildman–Crippen MR) is 105 cm³/mol. The summed E-state index contributed by atoms with van der Waals surface area (Å²) < 4.78 is 1.81. The average Bonchev–Trinajstić information content (AvgIpc) is 3.30. The van der Waals surface area contributed by atoms with Crippen LogP contribution in [0.4, 0.5) is 5.13 Å². The summed E-state index contributed by atoms with van der Waals surface area (Å²) in [5.74, 6) is -0.223. The van der Waals surface area contributed by atoms with E-state index in [1.54, 1.807) is 6.07 Å². The number of anilines is 1. The quantitative estimate of drug-likeness (QED) is 0.506. The largest absolute Gasteiger partial charge is 0.296 e. The standard InChI is InChI=1S/C20H16N4OS/c1-3-24-11(2)10-15(23-24)19(25)22-20-21-17-13-8-4-6-12-7-5-9-14(16(12)13)18(17)26-20/h4-10H,3H2,1-2H3,(H,21,22,25). The van der Waals surface area contributed by atoms with E-state index < -0.39 is 0 Å². The fourth-order valence-corrected chi connectivity index (χ4v) is 4.57. The van der Waals surface area contributed by atoms with E-state index in [-0.39, 0.29) is 5.91 Å². The smallest absolute Gasteiger partial charge is 0.277 e. The lowest BCUT2D eigenvalue weighted by atomic mass is 10.0. The number of aryl methyl sites for hydroxylation is 2. The molecule has 0 atom stereocenters. The molecule has 5 rings (SSSR count). The Balaban J connectivity index is 1.51. The van der Waals surface area contributed by atoms with Gasteiger partial charge < -0.3 is 0 Å². The minimum atomic E-state index is -0.223. The van der Waals surface area contributed by atoms with Crippen molar-refractivity contribution in [1.29, 1.82) is 0 Å². The van der Waals surface area contributed by atoms with Gasteiger partial charge in [-0.25, -0.2) is 4.98 Å². The van der Waals surface area contributed by atoms with Crippen LogP contribution < -0.4 is 5.32 Å². The topological polar surface area (TPSA) is 59.8 Å². The van der Waals surface area contributed by atoms with Crippen LogP contribution in [0, 0.1) is 6.92 Å². The molecule has 5 nitrogen and oxygen atoms in total. The zero-order valence-electron chi connectivity index (χ0n) is 14.4. The summed E-state index contributed by atoms with van der Waals surface area (Å²) in [5.41, 5.74) is 4.67. The Labute approximate surface area is 154 Å². The number of carbonyl (C=O) groups excluding carboxylic acids is 1. The Kier molecular flexibility index (Phi) is 3.24. The van der Waals surface area contributed by atoms with Gasteiger partial charge in [-0.15, -0.1) is 0 Å². The van der Waals surface area contributed by atoms with Crippen LogP contribution in [-0.2, 0) is 6.54 Å². The molecule has 4 aromatic rings. The number of nitrogens with zero attached hydrogens (tertiary/aromatic N) is 3. The molecular formula is C20H16N4OS. The van der Waals surface area contributed by atoms with E-state index in [1.807, 2.05) is 24.6 Å². The zero-order valence-corrected chi connectivity index (χ0v) is 15.2. The number of thiazole rings is 1. The number of hydrogen-bond donors (Lipinski definition) is 1. The molecule has 1 amide bonds. The number of carbonyl (C=O) groups is 1. The van der Waals surface area contributed by atoms with Crippen molar-refractivity contribution in [3.05, 3.63) is 53.9 Å². The molecular weight excluding hydrogens is 344 g/mol. The number of aromatic nitrogens is 3. The van der Waals surface area contributed by atoms with E-state index in [4.69, 9.17) is 4.98 Å².